The normalized spacial score (nSPS) is 12.1. The minimum atomic E-state index is -3.55. The fraction of sp³-hybridized carbons (Fsp3) is 0.394. The van der Waals surface area contributed by atoms with Gasteiger partial charge in [0.25, 0.3) is 0 Å². The van der Waals surface area contributed by atoms with Crippen LogP contribution in [0.25, 0.3) is 0 Å². The molecular formula is C33H43N3O4S. The van der Waals surface area contributed by atoms with Crippen LogP contribution in [0.4, 0.5) is 5.69 Å². The predicted molar refractivity (Wildman–Crippen MR) is 166 cm³/mol. The molecule has 0 spiro atoms. The topological polar surface area (TPSA) is 86.8 Å². The fourth-order valence-corrected chi connectivity index (χ4v) is 5.80. The van der Waals surface area contributed by atoms with Gasteiger partial charge in [-0.3, -0.25) is 13.9 Å². The zero-order valence-electron chi connectivity index (χ0n) is 24.8. The zero-order valence-corrected chi connectivity index (χ0v) is 25.7. The Labute approximate surface area is 245 Å². The zero-order chi connectivity index (χ0) is 30.0. The van der Waals surface area contributed by atoms with Crippen molar-refractivity contribution >= 4 is 27.5 Å². The van der Waals surface area contributed by atoms with Crippen LogP contribution in [0.5, 0.6) is 0 Å². The summed E-state index contributed by atoms with van der Waals surface area (Å²) in [7, 11) is -3.55. The summed E-state index contributed by atoms with van der Waals surface area (Å²) in [6, 6.07) is 24.2. The second-order valence-corrected chi connectivity index (χ2v) is 12.9. The molecule has 41 heavy (non-hydrogen) atoms. The summed E-state index contributed by atoms with van der Waals surface area (Å²) in [5.74, 6) is -0.116. The number of nitrogens with zero attached hydrogens (tertiary/aromatic N) is 2. The van der Waals surface area contributed by atoms with Crippen LogP contribution < -0.4 is 9.62 Å². The molecule has 3 aromatic rings. The minimum absolute atomic E-state index is 0.104. The maximum absolute atomic E-state index is 13.9. The van der Waals surface area contributed by atoms with E-state index in [1.54, 1.807) is 17.0 Å². The Kier molecular flexibility index (Phi) is 11.5. The first-order chi connectivity index (χ1) is 19.5. The van der Waals surface area contributed by atoms with Crippen molar-refractivity contribution in [1.82, 2.24) is 10.2 Å². The van der Waals surface area contributed by atoms with Crippen molar-refractivity contribution in [2.75, 3.05) is 23.7 Å². The SMILES string of the molecule is Cc1ccccc1CN(C(=O)CCCN(c1ccccc1C)S(C)(=O)=O)[C@H](Cc1ccccc1)C(=O)NCC(C)C. The summed E-state index contributed by atoms with van der Waals surface area (Å²) in [5.41, 5.74) is 4.41. The maximum Gasteiger partial charge on any atom is 0.243 e. The number of amides is 2. The monoisotopic (exact) mass is 577 g/mol. The van der Waals surface area contributed by atoms with Crippen molar-refractivity contribution in [3.05, 3.63) is 101 Å². The molecule has 1 atom stereocenters. The molecule has 8 heteroatoms. The highest BCUT2D eigenvalue weighted by Crippen LogP contribution is 2.23. The molecule has 0 saturated carbocycles. The molecule has 2 amide bonds. The van der Waals surface area contributed by atoms with Gasteiger partial charge in [-0.05, 0) is 54.5 Å². The first-order valence-electron chi connectivity index (χ1n) is 14.2. The van der Waals surface area contributed by atoms with E-state index in [9.17, 15) is 18.0 Å². The van der Waals surface area contributed by atoms with Crippen LogP contribution in [0, 0.1) is 19.8 Å². The summed E-state index contributed by atoms with van der Waals surface area (Å²) < 4.78 is 26.7. The van der Waals surface area contributed by atoms with E-state index in [2.05, 4.69) is 5.32 Å². The smallest absolute Gasteiger partial charge is 0.243 e. The largest absolute Gasteiger partial charge is 0.354 e. The van der Waals surface area contributed by atoms with Crippen molar-refractivity contribution in [3.8, 4) is 0 Å². The molecule has 0 saturated heterocycles. The lowest BCUT2D eigenvalue weighted by Crippen LogP contribution is -2.51. The molecule has 0 aliphatic carbocycles. The number of para-hydroxylation sites is 1. The molecule has 3 rings (SSSR count). The van der Waals surface area contributed by atoms with Gasteiger partial charge in [0.1, 0.15) is 6.04 Å². The van der Waals surface area contributed by atoms with Crippen molar-refractivity contribution < 1.29 is 18.0 Å². The minimum Gasteiger partial charge on any atom is -0.354 e. The Bertz CT molecular complexity index is 1410. The number of carbonyl (C=O) groups is 2. The van der Waals surface area contributed by atoms with E-state index in [-0.39, 0.29) is 37.2 Å². The Morgan fingerprint density at radius 1 is 0.854 bits per heavy atom. The van der Waals surface area contributed by atoms with Crippen LogP contribution in [-0.4, -0.2) is 50.5 Å². The van der Waals surface area contributed by atoms with Gasteiger partial charge in [-0.25, -0.2) is 8.42 Å². The third-order valence-corrected chi connectivity index (χ3v) is 8.27. The lowest BCUT2D eigenvalue weighted by molar-refractivity contribution is -0.141. The number of anilines is 1. The number of sulfonamides is 1. The highest BCUT2D eigenvalue weighted by atomic mass is 32.2. The lowest BCUT2D eigenvalue weighted by Gasteiger charge is -2.32. The van der Waals surface area contributed by atoms with Crippen LogP contribution in [0.2, 0.25) is 0 Å². The molecular weight excluding hydrogens is 534 g/mol. The Morgan fingerprint density at radius 3 is 2.07 bits per heavy atom. The van der Waals surface area contributed by atoms with Gasteiger partial charge in [-0.2, -0.15) is 0 Å². The van der Waals surface area contributed by atoms with E-state index < -0.39 is 16.1 Å². The second kappa shape index (κ2) is 14.8. The van der Waals surface area contributed by atoms with E-state index in [0.717, 1.165) is 22.3 Å². The molecule has 0 aliphatic rings. The molecule has 3 aromatic carbocycles. The van der Waals surface area contributed by atoms with Crippen LogP contribution >= 0.6 is 0 Å². The number of hydrogen-bond acceptors (Lipinski definition) is 4. The van der Waals surface area contributed by atoms with Crippen LogP contribution in [0.3, 0.4) is 0 Å². The summed E-state index contributed by atoms with van der Waals surface area (Å²) in [6.45, 7) is 8.88. The summed E-state index contributed by atoms with van der Waals surface area (Å²) >= 11 is 0. The van der Waals surface area contributed by atoms with E-state index in [1.165, 1.54) is 10.6 Å². The third kappa shape index (κ3) is 9.46. The van der Waals surface area contributed by atoms with Crippen molar-refractivity contribution in [1.29, 1.82) is 0 Å². The average molecular weight is 578 g/mol. The molecule has 0 aliphatic heterocycles. The number of aryl methyl sites for hydroxylation is 2. The van der Waals surface area contributed by atoms with Gasteiger partial charge >= 0.3 is 0 Å². The Balaban J connectivity index is 1.90. The number of rotatable bonds is 14. The standard InChI is InChI=1S/C33H43N3O4S/c1-25(2)23-34-33(38)31(22-28-16-7-6-8-17-28)35(24-29-18-11-9-14-26(29)3)32(37)20-13-21-36(41(5,39)40)30-19-12-10-15-27(30)4/h6-12,14-19,25,31H,13,20-24H2,1-5H3,(H,34,38)/t31-/m1/s1. The molecule has 0 aromatic heterocycles. The fourth-order valence-electron chi connectivity index (χ4n) is 4.77. The second-order valence-electron chi connectivity index (χ2n) is 11.0. The van der Waals surface area contributed by atoms with Gasteiger partial charge in [0, 0.05) is 32.5 Å². The quantitative estimate of drug-likeness (QED) is 0.283. The van der Waals surface area contributed by atoms with Gasteiger partial charge in [-0.1, -0.05) is 86.6 Å². The Morgan fingerprint density at radius 2 is 1.46 bits per heavy atom. The average Bonchev–Trinajstić information content (AvgIpc) is 2.93. The van der Waals surface area contributed by atoms with Crippen molar-refractivity contribution in [2.45, 2.75) is 59.5 Å². The van der Waals surface area contributed by atoms with Crippen LogP contribution in [0.1, 0.15) is 48.9 Å². The number of nitrogens with one attached hydrogen (secondary N) is 1. The molecule has 0 bridgehead atoms. The lowest BCUT2D eigenvalue weighted by atomic mass is 10.0. The Hall–Kier alpha value is -3.65. The maximum atomic E-state index is 13.9. The molecule has 1 N–H and O–H groups in total. The predicted octanol–water partition coefficient (Wildman–Crippen LogP) is 5.26. The molecule has 0 unspecified atom stereocenters. The van der Waals surface area contributed by atoms with E-state index in [4.69, 9.17) is 0 Å². The molecule has 0 fully saturated rings. The van der Waals surface area contributed by atoms with E-state index in [1.807, 2.05) is 94.4 Å². The van der Waals surface area contributed by atoms with Crippen LogP contribution in [0.15, 0.2) is 78.9 Å². The highest BCUT2D eigenvalue weighted by molar-refractivity contribution is 7.92. The highest BCUT2D eigenvalue weighted by Gasteiger charge is 2.31. The first-order valence-corrected chi connectivity index (χ1v) is 16.0. The van der Waals surface area contributed by atoms with Gasteiger partial charge in [0.2, 0.25) is 21.8 Å². The molecule has 0 heterocycles. The van der Waals surface area contributed by atoms with Gasteiger partial charge in [-0.15, -0.1) is 0 Å². The number of hydrogen-bond donors (Lipinski definition) is 1. The van der Waals surface area contributed by atoms with Gasteiger partial charge < -0.3 is 10.2 Å². The summed E-state index contributed by atoms with van der Waals surface area (Å²) in [6.07, 6.45) is 1.98. The summed E-state index contributed by atoms with van der Waals surface area (Å²) in [5, 5.41) is 3.04. The van der Waals surface area contributed by atoms with Crippen LogP contribution in [-0.2, 0) is 32.6 Å². The summed E-state index contributed by atoms with van der Waals surface area (Å²) in [4.78, 5) is 29.2. The third-order valence-electron chi connectivity index (χ3n) is 7.09. The molecule has 0 radical (unpaired) electrons. The van der Waals surface area contributed by atoms with Gasteiger partial charge in [0.05, 0.1) is 11.9 Å². The van der Waals surface area contributed by atoms with Crippen molar-refractivity contribution in [3.63, 3.8) is 0 Å². The molecule has 220 valence electrons. The van der Waals surface area contributed by atoms with E-state index >= 15 is 0 Å². The number of carbonyl (C=O) groups excluding carboxylic acids is 2. The van der Waals surface area contributed by atoms with Gasteiger partial charge in [0.15, 0.2) is 0 Å². The van der Waals surface area contributed by atoms with E-state index in [0.29, 0.717) is 25.1 Å². The molecule has 7 nitrogen and oxygen atoms in total. The number of benzene rings is 3. The first kappa shape index (κ1) is 31.9. The van der Waals surface area contributed by atoms with Crippen molar-refractivity contribution in [2.24, 2.45) is 5.92 Å².